The Morgan fingerprint density at radius 1 is 1.41 bits per heavy atom. The molecule has 2 atom stereocenters. The minimum Gasteiger partial charge on any atom is -0.496 e. The highest BCUT2D eigenvalue weighted by Crippen LogP contribution is 2.26. The van der Waals surface area contributed by atoms with Crippen molar-refractivity contribution in [3.05, 3.63) is 51.2 Å². The molecule has 8 heteroatoms. The van der Waals surface area contributed by atoms with Crippen molar-refractivity contribution in [2.45, 2.75) is 25.6 Å². The van der Waals surface area contributed by atoms with Gasteiger partial charge in [-0.2, -0.15) is 0 Å². The van der Waals surface area contributed by atoms with Crippen LogP contribution in [0.15, 0.2) is 40.7 Å². The van der Waals surface area contributed by atoms with Gasteiger partial charge < -0.3 is 20.1 Å². The first-order chi connectivity index (χ1) is 14.1. The van der Waals surface area contributed by atoms with E-state index in [4.69, 9.17) is 21.1 Å². The predicted octanol–water partition coefficient (Wildman–Crippen LogP) is 3.54. The lowest BCUT2D eigenvalue weighted by atomic mass is 10.1. The normalized spacial score (nSPS) is 19.0. The van der Waals surface area contributed by atoms with Gasteiger partial charge >= 0.3 is 0 Å². The molecule has 0 bridgehead atoms. The van der Waals surface area contributed by atoms with E-state index in [1.165, 1.54) is 4.88 Å². The first kappa shape index (κ1) is 21.9. The molecule has 1 aliphatic heterocycles. The molecule has 0 aliphatic carbocycles. The lowest BCUT2D eigenvalue weighted by molar-refractivity contribution is -0.0334. The van der Waals surface area contributed by atoms with Crippen LogP contribution in [0.25, 0.3) is 0 Å². The zero-order valence-corrected chi connectivity index (χ0v) is 18.7. The van der Waals surface area contributed by atoms with Crippen molar-refractivity contribution < 1.29 is 9.47 Å². The Bertz CT molecular complexity index is 800. The lowest BCUT2D eigenvalue weighted by Crippen LogP contribution is -2.47. The van der Waals surface area contributed by atoms with E-state index in [9.17, 15) is 0 Å². The number of nitrogens with one attached hydrogen (secondary N) is 2. The van der Waals surface area contributed by atoms with Gasteiger partial charge in [-0.3, -0.25) is 9.89 Å². The molecule has 0 amide bonds. The first-order valence-electron chi connectivity index (χ1n) is 9.76. The molecule has 1 aromatic carbocycles. The molecular formula is C21H29ClN4O2S. The highest BCUT2D eigenvalue weighted by molar-refractivity contribution is 7.10. The number of rotatable bonds is 7. The monoisotopic (exact) mass is 436 g/mol. The molecular weight excluding hydrogens is 408 g/mol. The Labute approximate surface area is 181 Å². The van der Waals surface area contributed by atoms with Crippen molar-refractivity contribution in [2.75, 3.05) is 40.4 Å². The van der Waals surface area contributed by atoms with Gasteiger partial charge in [0.25, 0.3) is 0 Å². The van der Waals surface area contributed by atoms with Crippen LogP contribution in [0.2, 0.25) is 5.02 Å². The fraction of sp³-hybridized carbons (Fsp3) is 0.476. The van der Waals surface area contributed by atoms with Crippen LogP contribution in [-0.4, -0.2) is 57.4 Å². The molecule has 158 valence electrons. The second-order valence-corrected chi connectivity index (χ2v) is 8.39. The Morgan fingerprint density at radius 2 is 2.28 bits per heavy atom. The first-order valence-corrected chi connectivity index (χ1v) is 11.0. The summed E-state index contributed by atoms with van der Waals surface area (Å²) in [6.45, 7) is 6.13. The van der Waals surface area contributed by atoms with Crippen LogP contribution in [0.1, 0.15) is 23.4 Å². The molecule has 1 saturated heterocycles. The summed E-state index contributed by atoms with van der Waals surface area (Å²) in [5, 5.41) is 9.64. The average Bonchev–Trinajstić information content (AvgIpc) is 3.25. The van der Waals surface area contributed by atoms with Crippen LogP contribution in [0, 0.1) is 0 Å². The molecule has 0 radical (unpaired) electrons. The van der Waals surface area contributed by atoms with Crippen molar-refractivity contribution >= 4 is 28.9 Å². The highest BCUT2D eigenvalue weighted by atomic mass is 35.5. The quantitative estimate of drug-likeness (QED) is 0.513. The van der Waals surface area contributed by atoms with Crippen LogP contribution in [-0.2, 0) is 11.3 Å². The Kier molecular flexibility index (Phi) is 8.18. The molecule has 29 heavy (non-hydrogen) atoms. The maximum Gasteiger partial charge on any atom is 0.191 e. The standard InChI is InChI=1S/C21H29ClN4O2S/c1-15-14-26(8-9-28-15)18(20-5-4-10-29-20)13-25-21(23-2)24-12-16-6-7-17(22)11-19(16)27-3/h4-7,10-11,15,18H,8-9,12-14H2,1-3H3,(H2,23,24,25). The van der Waals surface area contributed by atoms with E-state index < -0.39 is 0 Å². The molecule has 6 nitrogen and oxygen atoms in total. The van der Waals surface area contributed by atoms with E-state index in [1.54, 1.807) is 25.5 Å². The second kappa shape index (κ2) is 10.8. The number of ether oxygens (including phenoxy) is 2. The summed E-state index contributed by atoms with van der Waals surface area (Å²) < 4.78 is 11.2. The number of benzene rings is 1. The molecule has 3 rings (SSSR count). The molecule has 2 aromatic rings. The summed E-state index contributed by atoms with van der Waals surface area (Å²) in [6.07, 6.45) is 0.251. The maximum absolute atomic E-state index is 6.05. The Balaban J connectivity index is 1.62. The van der Waals surface area contributed by atoms with Crippen molar-refractivity contribution in [1.82, 2.24) is 15.5 Å². The molecule has 2 heterocycles. The fourth-order valence-corrected chi connectivity index (χ4v) is 4.50. The number of nitrogens with zero attached hydrogens (tertiary/aromatic N) is 2. The molecule has 1 aromatic heterocycles. The van der Waals surface area contributed by atoms with Gasteiger partial charge in [-0.15, -0.1) is 11.3 Å². The molecule has 0 spiro atoms. The third-order valence-electron chi connectivity index (χ3n) is 4.97. The number of halogens is 1. The number of methoxy groups -OCH3 is 1. The van der Waals surface area contributed by atoms with Gasteiger partial charge in [0.05, 0.1) is 25.9 Å². The van der Waals surface area contributed by atoms with Crippen molar-refractivity contribution in [1.29, 1.82) is 0 Å². The topological polar surface area (TPSA) is 58.1 Å². The Morgan fingerprint density at radius 3 is 2.97 bits per heavy atom. The molecule has 1 fully saturated rings. The largest absolute Gasteiger partial charge is 0.496 e. The van der Waals surface area contributed by atoms with Crippen LogP contribution in [0.3, 0.4) is 0 Å². The summed E-state index contributed by atoms with van der Waals surface area (Å²) >= 11 is 7.84. The molecule has 2 unspecified atom stereocenters. The van der Waals surface area contributed by atoms with Gasteiger partial charge in [0.15, 0.2) is 5.96 Å². The maximum atomic E-state index is 6.05. The molecule has 0 saturated carbocycles. The number of guanidine groups is 1. The smallest absolute Gasteiger partial charge is 0.191 e. The summed E-state index contributed by atoms with van der Waals surface area (Å²) in [5.41, 5.74) is 1.02. The summed E-state index contributed by atoms with van der Waals surface area (Å²) in [6, 6.07) is 10.2. The zero-order chi connectivity index (χ0) is 20.6. The van der Waals surface area contributed by atoms with E-state index >= 15 is 0 Å². The third-order valence-corrected chi connectivity index (χ3v) is 6.18. The van der Waals surface area contributed by atoms with Crippen LogP contribution < -0.4 is 15.4 Å². The zero-order valence-electron chi connectivity index (χ0n) is 17.2. The van der Waals surface area contributed by atoms with Gasteiger partial charge in [-0.25, -0.2) is 0 Å². The van der Waals surface area contributed by atoms with Gasteiger partial charge in [0, 0.05) is 48.7 Å². The SMILES string of the molecule is CN=C(NCc1ccc(Cl)cc1OC)NCC(c1cccs1)N1CCOC(C)C1. The number of morpholine rings is 1. The van der Waals surface area contributed by atoms with Crippen molar-refractivity contribution in [3.63, 3.8) is 0 Å². The third kappa shape index (κ3) is 6.09. The number of hydrogen-bond donors (Lipinski definition) is 2. The van der Waals surface area contributed by atoms with Crippen LogP contribution >= 0.6 is 22.9 Å². The predicted molar refractivity (Wildman–Crippen MR) is 120 cm³/mol. The average molecular weight is 437 g/mol. The highest BCUT2D eigenvalue weighted by Gasteiger charge is 2.26. The van der Waals surface area contributed by atoms with Crippen molar-refractivity contribution in [3.8, 4) is 5.75 Å². The molecule has 2 N–H and O–H groups in total. The second-order valence-electron chi connectivity index (χ2n) is 6.97. The van der Waals surface area contributed by atoms with E-state index in [-0.39, 0.29) is 12.1 Å². The number of hydrogen-bond acceptors (Lipinski definition) is 5. The van der Waals surface area contributed by atoms with Crippen LogP contribution in [0.4, 0.5) is 0 Å². The van der Waals surface area contributed by atoms with Gasteiger partial charge in [-0.1, -0.05) is 23.7 Å². The number of aliphatic imine (C=N–C) groups is 1. The van der Waals surface area contributed by atoms with E-state index in [2.05, 4.69) is 45.0 Å². The van der Waals surface area contributed by atoms with E-state index in [0.717, 1.165) is 43.5 Å². The van der Waals surface area contributed by atoms with Gasteiger partial charge in [0.1, 0.15) is 5.75 Å². The summed E-state index contributed by atoms with van der Waals surface area (Å²) in [7, 11) is 3.43. The van der Waals surface area contributed by atoms with E-state index in [0.29, 0.717) is 11.6 Å². The minimum absolute atomic E-state index is 0.251. The van der Waals surface area contributed by atoms with E-state index in [1.807, 2.05) is 18.2 Å². The summed E-state index contributed by atoms with van der Waals surface area (Å²) in [4.78, 5) is 8.21. The fourth-order valence-electron chi connectivity index (χ4n) is 3.48. The minimum atomic E-state index is 0.251. The van der Waals surface area contributed by atoms with Crippen LogP contribution in [0.5, 0.6) is 5.75 Å². The summed E-state index contributed by atoms with van der Waals surface area (Å²) in [5.74, 6) is 1.52. The van der Waals surface area contributed by atoms with Gasteiger partial charge in [-0.05, 0) is 30.5 Å². The van der Waals surface area contributed by atoms with Crippen molar-refractivity contribution in [2.24, 2.45) is 4.99 Å². The lowest BCUT2D eigenvalue weighted by Gasteiger charge is -2.37. The molecule has 1 aliphatic rings. The number of thiophene rings is 1. The Hall–Kier alpha value is -1.80. The van der Waals surface area contributed by atoms with Gasteiger partial charge in [0.2, 0.25) is 0 Å².